The molecule has 3 rings (SSSR count). The van der Waals surface area contributed by atoms with Crippen LogP contribution in [0.15, 0.2) is 24.3 Å². The van der Waals surface area contributed by atoms with E-state index < -0.39 is 6.10 Å². The Balaban J connectivity index is 1.33. The van der Waals surface area contributed by atoms with E-state index in [1.807, 2.05) is 24.3 Å². The maximum absolute atomic E-state index is 11.4. The molecular formula is C21H34N4O4. The number of aliphatic hydroxyl groups excluding tert-OH is 1. The Bertz CT molecular complexity index is 637. The Morgan fingerprint density at radius 3 is 2.72 bits per heavy atom. The third-order valence-electron chi connectivity index (χ3n) is 5.45. The first-order valence-electron chi connectivity index (χ1n) is 10.6. The van der Waals surface area contributed by atoms with Gasteiger partial charge in [-0.05, 0) is 24.2 Å². The molecule has 1 aromatic rings. The van der Waals surface area contributed by atoms with Crippen LogP contribution in [0.5, 0.6) is 5.75 Å². The van der Waals surface area contributed by atoms with Crippen molar-refractivity contribution in [2.45, 2.75) is 19.6 Å². The molecule has 2 N–H and O–H groups in total. The number of nitrogens with one attached hydrogen (secondary N) is 1. The summed E-state index contributed by atoms with van der Waals surface area (Å²) in [4.78, 5) is 17.8. The Hall–Kier alpha value is -1.87. The number of β-amino-alcohol motifs (C(OH)–C–C–N with tert-alkyl or cyclic N) is 1. The van der Waals surface area contributed by atoms with Gasteiger partial charge in [-0.15, -0.1) is 0 Å². The minimum atomic E-state index is -0.495. The zero-order valence-electron chi connectivity index (χ0n) is 17.4. The standard InChI is InChI=1S/C21H34N4O4/c1-2-23-8-10-24(11-9-23)16-19(26)17-29-20-5-3-4-18(14-20)15-22-6-7-25-12-13-28-21(25)27/h3-5,14,19,22,26H,2,6-13,15-17H2,1H3. The molecule has 1 unspecified atom stereocenters. The lowest BCUT2D eigenvalue weighted by Gasteiger charge is -2.34. The first-order chi connectivity index (χ1) is 14.1. The monoisotopic (exact) mass is 406 g/mol. The van der Waals surface area contributed by atoms with Crippen LogP contribution in [-0.4, -0.2) is 104 Å². The van der Waals surface area contributed by atoms with Gasteiger partial charge in [0.2, 0.25) is 0 Å². The van der Waals surface area contributed by atoms with Crippen LogP contribution in [-0.2, 0) is 11.3 Å². The Morgan fingerprint density at radius 2 is 2.00 bits per heavy atom. The molecule has 0 spiro atoms. The van der Waals surface area contributed by atoms with Gasteiger partial charge in [0.1, 0.15) is 25.1 Å². The number of aliphatic hydroxyl groups is 1. The first kappa shape index (κ1) is 21.8. The number of benzene rings is 1. The molecular weight excluding hydrogens is 372 g/mol. The van der Waals surface area contributed by atoms with Gasteiger partial charge in [-0.2, -0.15) is 0 Å². The van der Waals surface area contributed by atoms with Crippen LogP contribution in [0.25, 0.3) is 0 Å². The molecule has 0 radical (unpaired) electrons. The molecule has 0 saturated carbocycles. The third kappa shape index (κ3) is 7.15. The lowest BCUT2D eigenvalue weighted by atomic mass is 10.2. The molecule has 2 fully saturated rings. The van der Waals surface area contributed by atoms with Gasteiger partial charge in [-0.1, -0.05) is 19.1 Å². The zero-order chi connectivity index (χ0) is 20.5. The number of ether oxygens (including phenoxy) is 2. The van der Waals surface area contributed by atoms with Crippen LogP contribution in [0.3, 0.4) is 0 Å². The highest BCUT2D eigenvalue weighted by Crippen LogP contribution is 2.14. The van der Waals surface area contributed by atoms with Crippen molar-refractivity contribution >= 4 is 6.09 Å². The number of carbonyl (C=O) groups is 1. The summed E-state index contributed by atoms with van der Waals surface area (Å²) in [5, 5.41) is 13.7. The van der Waals surface area contributed by atoms with Gasteiger partial charge in [0, 0.05) is 52.4 Å². The summed E-state index contributed by atoms with van der Waals surface area (Å²) in [5.74, 6) is 0.766. The van der Waals surface area contributed by atoms with Crippen LogP contribution in [0, 0.1) is 0 Å². The van der Waals surface area contributed by atoms with Gasteiger partial charge in [0.15, 0.2) is 0 Å². The average molecular weight is 407 g/mol. The molecule has 162 valence electrons. The molecule has 2 heterocycles. The number of nitrogens with zero attached hydrogens (tertiary/aromatic N) is 3. The summed E-state index contributed by atoms with van der Waals surface area (Å²) in [6, 6.07) is 7.90. The predicted molar refractivity (Wildman–Crippen MR) is 111 cm³/mol. The topological polar surface area (TPSA) is 77.5 Å². The number of likely N-dealkylation sites (N-methyl/N-ethyl adjacent to an activating group) is 1. The van der Waals surface area contributed by atoms with Crippen molar-refractivity contribution in [3.63, 3.8) is 0 Å². The van der Waals surface area contributed by atoms with Crippen molar-refractivity contribution in [1.29, 1.82) is 0 Å². The molecule has 2 saturated heterocycles. The minimum absolute atomic E-state index is 0.229. The fourth-order valence-corrected chi connectivity index (χ4v) is 3.65. The van der Waals surface area contributed by atoms with Crippen molar-refractivity contribution in [3.05, 3.63) is 29.8 Å². The van der Waals surface area contributed by atoms with E-state index in [1.54, 1.807) is 4.90 Å². The van der Waals surface area contributed by atoms with Gasteiger partial charge < -0.3 is 29.7 Å². The maximum Gasteiger partial charge on any atom is 0.409 e. The summed E-state index contributed by atoms with van der Waals surface area (Å²) in [5.41, 5.74) is 1.11. The fourth-order valence-electron chi connectivity index (χ4n) is 3.65. The summed E-state index contributed by atoms with van der Waals surface area (Å²) in [7, 11) is 0. The molecule has 0 aliphatic carbocycles. The number of carbonyl (C=O) groups excluding carboxylic acids is 1. The van der Waals surface area contributed by atoms with Crippen LogP contribution < -0.4 is 10.1 Å². The van der Waals surface area contributed by atoms with E-state index in [2.05, 4.69) is 22.0 Å². The molecule has 1 atom stereocenters. The number of amides is 1. The van der Waals surface area contributed by atoms with E-state index in [0.29, 0.717) is 45.9 Å². The van der Waals surface area contributed by atoms with E-state index in [-0.39, 0.29) is 6.09 Å². The average Bonchev–Trinajstić information content (AvgIpc) is 3.15. The third-order valence-corrected chi connectivity index (χ3v) is 5.45. The van der Waals surface area contributed by atoms with E-state index in [0.717, 1.165) is 44.0 Å². The minimum Gasteiger partial charge on any atom is -0.491 e. The highest BCUT2D eigenvalue weighted by atomic mass is 16.6. The number of piperazine rings is 1. The van der Waals surface area contributed by atoms with Crippen molar-refractivity contribution in [2.24, 2.45) is 0 Å². The van der Waals surface area contributed by atoms with Gasteiger partial charge >= 0.3 is 6.09 Å². The molecule has 8 nitrogen and oxygen atoms in total. The summed E-state index contributed by atoms with van der Waals surface area (Å²) in [6.07, 6.45) is -0.724. The molecule has 8 heteroatoms. The number of hydrogen-bond acceptors (Lipinski definition) is 7. The van der Waals surface area contributed by atoms with Crippen molar-refractivity contribution in [2.75, 3.05) is 72.1 Å². The van der Waals surface area contributed by atoms with Crippen molar-refractivity contribution in [1.82, 2.24) is 20.0 Å². The Labute approximate surface area is 173 Å². The molecule has 2 aliphatic rings. The molecule has 0 bridgehead atoms. The van der Waals surface area contributed by atoms with Crippen LogP contribution in [0.2, 0.25) is 0 Å². The number of cyclic esters (lactones) is 1. The molecule has 0 aromatic heterocycles. The highest BCUT2D eigenvalue weighted by Gasteiger charge is 2.21. The number of rotatable bonds is 11. The van der Waals surface area contributed by atoms with Gasteiger partial charge in [0.25, 0.3) is 0 Å². The van der Waals surface area contributed by atoms with E-state index in [4.69, 9.17) is 9.47 Å². The first-order valence-corrected chi connectivity index (χ1v) is 10.6. The van der Waals surface area contributed by atoms with Gasteiger partial charge in [-0.25, -0.2) is 4.79 Å². The van der Waals surface area contributed by atoms with Crippen molar-refractivity contribution < 1.29 is 19.4 Å². The molecule has 1 amide bonds. The zero-order valence-corrected chi connectivity index (χ0v) is 17.4. The second kappa shape index (κ2) is 11.3. The summed E-state index contributed by atoms with van der Waals surface area (Å²) >= 11 is 0. The second-order valence-corrected chi connectivity index (χ2v) is 7.63. The summed E-state index contributed by atoms with van der Waals surface area (Å²) < 4.78 is 10.7. The van der Waals surface area contributed by atoms with Crippen molar-refractivity contribution in [3.8, 4) is 5.75 Å². The lowest BCUT2D eigenvalue weighted by Crippen LogP contribution is -2.49. The molecule has 1 aromatic carbocycles. The Kier molecular flexibility index (Phi) is 8.54. The lowest BCUT2D eigenvalue weighted by molar-refractivity contribution is 0.0471. The van der Waals surface area contributed by atoms with Gasteiger partial charge in [-0.3, -0.25) is 4.90 Å². The maximum atomic E-state index is 11.4. The Morgan fingerprint density at radius 1 is 1.21 bits per heavy atom. The predicted octanol–water partition coefficient (Wildman–Crippen LogP) is 0.606. The van der Waals surface area contributed by atoms with E-state index in [1.165, 1.54) is 0 Å². The normalized spacial score (nSPS) is 19.4. The smallest absolute Gasteiger partial charge is 0.409 e. The van der Waals surface area contributed by atoms with Crippen LogP contribution in [0.1, 0.15) is 12.5 Å². The molecule has 2 aliphatic heterocycles. The van der Waals surface area contributed by atoms with Gasteiger partial charge in [0.05, 0.1) is 6.54 Å². The summed E-state index contributed by atoms with van der Waals surface area (Å²) in [6.45, 7) is 11.6. The molecule has 29 heavy (non-hydrogen) atoms. The fraction of sp³-hybridized carbons (Fsp3) is 0.667. The van der Waals surface area contributed by atoms with E-state index in [9.17, 15) is 9.90 Å². The highest BCUT2D eigenvalue weighted by molar-refractivity contribution is 5.69. The number of hydrogen-bond donors (Lipinski definition) is 2. The SMILES string of the molecule is CCN1CCN(CC(O)COc2cccc(CNCCN3CCOC3=O)c2)CC1. The van der Waals surface area contributed by atoms with Crippen LogP contribution >= 0.6 is 0 Å². The quantitative estimate of drug-likeness (QED) is 0.521. The second-order valence-electron chi connectivity index (χ2n) is 7.63. The van der Waals surface area contributed by atoms with Crippen LogP contribution in [0.4, 0.5) is 4.79 Å². The largest absolute Gasteiger partial charge is 0.491 e. The van der Waals surface area contributed by atoms with E-state index >= 15 is 0 Å².